The number of ether oxygens (including phenoxy) is 1. The molecular formula is C16H20FNO4. The Morgan fingerprint density at radius 2 is 2.00 bits per heavy atom. The van der Waals surface area contributed by atoms with Crippen LogP contribution in [0.4, 0.5) is 4.39 Å². The number of carbonyl (C=O) groups is 2. The monoisotopic (exact) mass is 309 g/mol. The van der Waals surface area contributed by atoms with E-state index in [4.69, 9.17) is 4.74 Å². The van der Waals surface area contributed by atoms with Gasteiger partial charge in [0.2, 0.25) is 0 Å². The number of benzene rings is 1. The molecule has 1 N–H and O–H groups in total. The largest absolute Gasteiger partial charge is 0.481 e. The first kappa shape index (κ1) is 16.4. The maximum Gasteiger partial charge on any atom is 0.326 e. The number of rotatable bonds is 4. The normalized spacial score (nSPS) is 28.5. The predicted molar refractivity (Wildman–Crippen MR) is 77.7 cm³/mol. The number of carbonyl (C=O) groups excluding carboxylic acids is 1. The van der Waals surface area contributed by atoms with Crippen molar-refractivity contribution in [2.45, 2.75) is 31.3 Å². The predicted octanol–water partition coefficient (Wildman–Crippen LogP) is 2.22. The lowest BCUT2D eigenvalue weighted by Gasteiger charge is -2.35. The lowest BCUT2D eigenvalue weighted by molar-refractivity contribution is -0.153. The van der Waals surface area contributed by atoms with Gasteiger partial charge in [0, 0.05) is 6.04 Å². The van der Waals surface area contributed by atoms with Gasteiger partial charge < -0.3 is 9.84 Å². The van der Waals surface area contributed by atoms with Gasteiger partial charge in [-0.15, -0.1) is 0 Å². The van der Waals surface area contributed by atoms with E-state index in [2.05, 4.69) is 0 Å². The molecule has 6 heteroatoms. The van der Waals surface area contributed by atoms with Crippen LogP contribution in [-0.2, 0) is 14.3 Å². The quantitative estimate of drug-likeness (QED) is 0.864. The highest BCUT2D eigenvalue weighted by Gasteiger charge is 2.56. The lowest BCUT2D eigenvalue weighted by Crippen LogP contribution is -2.49. The molecular weight excluding hydrogens is 289 g/mol. The standard InChI is InChI=1S/C16H20FNO4/c1-4-16(15(21)22-3)9-12(14(19)20)13(18(16)2)10-5-7-11(17)8-6-10/h5-8,12-13H,4,9H2,1-3H3,(H,19,20)/t12-,13+,16+/m1/s1. The third kappa shape index (κ3) is 2.47. The molecule has 0 saturated carbocycles. The minimum Gasteiger partial charge on any atom is -0.481 e. The summed E-state index contributed by atoms with van der Waals surface area (Å²) in [6.07, 6.45) is 0.613. The van der Waals surface area contributed by atoms with E-state index in [0.29, 0.717) is 12.0 Å². The molecule has 0 unspecified atom stereocenters. The highest BCUT2D eigenvalue weighted by atomic mass is 19.1. The van der Waals surface area contributed by atoms with Crippen LogP contribution in [0.2, 0.25) is 0 Å². The highest BCUT2D eigenvalue weighted by molar-refractivity contribution is 5.84. The van der Waals surface area contributed by atoms with Gasteiger partial charge in [0.1, 0.15) is 11.4 Å². The summed E-state index contributed by atoms with van der Waals surface area (Å²) in [4.78, 5) is 25.7. The Bertz CT molecular complexity index is 574. The van der Waals surface area contributed by atoms with Crippen LogP contribution in [0.3, 0.4) is 0 Å². The Morgan fingerprint density at radius 1 is 1.41 bits per heavy atom. The van der Waals surface area contributed by atoms with Gasteiger partial charge in [-0.3, -0.25) is 14.5 Å². The van der Waals surface area contributed by atoms with E-state index in [-0.39, 0.29) is 12.2 Å². The van der Waals surface area contributed by atoms with E-state index in [0.717, 1.165) is 0 Å². The number of hydrogen-bond acceptors (Lipinski definition) is 4. The average Bonchev–Trinajstić information content (AvgIpc) is 2.81. The molecule has 0 radical (unpaired) electrons. The van der Waals surface area contributed by atoms with Crippen LogP contribution in [0.15, 0.2) is 24.3 Å². The Balaban J connectivity index is 2.49. The van der Waals surface area contributed by atoms with E-state index in [1.165, 1.54) is 19.2 Å². The zero-order chi connectivity index (χ0) is 16.5. The molecule has 1 fully saturated rings. The fourth-order valence-corrected chi connectivity index (χ4v) is 3.45. The van der Waals surface area contributed by atoms with E-state index >= 15 is 0 Å². The molecule has 1 aromatic rings. The smallest absolute Gasteiger partial charge is 0.326 e. The third-order valence-electron chi connectivity index (χ3n) is 4.71. The summed E-state index contributed by atoms with van der Waals surface area (Å²) in [5.41, 5.74) is -0.299. The van der Waals surface area contributed by atoms with E-state index < -0.39 is 29.4 Å². The van der Waals surface area contributed by atoms with E-state index in [9.17, 15) is 19.1 Å². The van der Waals surface area contributed by atoms with Crippen LogP contribution in [0.5, 0.6) is 0 Å². The molecule has 1 heterocycles. The van der Waals surface area contributed by atoms with Gasteiger partial charge >= 0.3 is 11.9 Å². The van der Waals surface area contributed by atoms with Crippen molar-refractivity contribution in [3.63, 3.8) is 0 Å². The molecule has 5 nitrogen and oxygen atoms in total. The Morgan fingerprint density at radius 3 is 2.45 bits per heavy atom. The summed E-state index contributed by atoms with van der Waals surface area (Å²) in [5.74, 6) is -2.55. The number of esters is 1. The van der Waals surface area contributed by atoms with Crippen LogP contribution >= 0.6 is 0 Å². The van der Waals surface area contributed by atoms with Crippen molar-refractivity contribution in [3.8, 4) is 0 Å². The van der Waals surface area contributed by atoms with Crippen molar-refractivity contribution >= 4 is 11.9 Å². The zero-order valence-electron chi connectivity index (χ0n) is 12.9. The second-order valence-corrected chi connectivity index (χ2v) is 5.63. The van der Waals surface area contributed by atoms with E-state index in [1.807, 2.05) is 6.92 Å². The van der Waals surface area contributed by atoms with Crippen LogP contribution in [0, 0.1) is 11.7 Å². The minimum atomic E-state index is -0.975. The average molecular weight is 309 g/mol. The minimum absolute atomic E-state index is 0.171. The molecule has 1 aliphatic heterocycles. The van der Waals surface area contributed by atoms with Gasteiger partial charge in [0.15, 0.2) is 0 Å². The number of nitrogens with zero attached hydrogens (tertiary/aromatic N) is 1. The number of carboxylic acid groups (broad SMARTS) is 1. The fourth-order valence-electron chi connectivity index (χ4n) is 3.45. The molecule has 0 bridgehead atoms. The second kappa shape index (κ2) is 6.04. The van der Waals surface area contributed by atoms with Crippen LogP contribution < -0.4 is 0 Å². The molecule has 0 aliphatic carbocycles. The SMILES string of the molecule is CC[C@@]1(C(=O)OC)C[C@@H](C(=O)O)[C@H](c2ccc(F)cc2)N1C. The first-order valence-electron chi connectivity index (χ1n) is 7.17. The molecule has 1 saturated heterocycles. The summed E-state index contributed by atoms with van der Waals surface area (Å²) in [5, 5.41) is 9.55. The highest BCUT2D eigenvalue weighted by Crippen LogP contribution is 2.47. The molecule has 22 heavy (non-hydrogen) atoms. The molecule has 3 atom stereocenters. The van der Waals surface area contributed by atoms with Crippen molar-refractivity contribution in [1.29, 1.82) is 0 Å². The van der Waals surface area contributed by atoms with Crippen molar-refractivity contribution in [1.82, 2.24) is 4.90 Å². The van der Waals surface area contributed by atoms with Gasteiger partial charge in [-0.2, -0.15) is 0 Å². The first-order valence-corrected chi connectivity index (χ1v) is 7.17. The fraction of sp³-hybridized carbons (Fsp3) is 0.500. The van der Waals surface area contributed by atoms with Gasteiger partial charge in [0.25, 0.3) is 0 Å². The summed E-state index contributed by atoms with van der Waals surface area (Å²) in [7, 11) is 3.02. The van der Waals surface area contributed by atoms with Crippen LogP contribution in [-0.4, -0.2) is 41.6 Å². The lowest BCUT2D eigenvalue weighted by atomic mass is 9.87. The maximum atomic E-state index is 13.1. The number of methoxy groups -OCH3 is 1. The second-order valence-electron chi connectivity index (χ2n) is 5.63. The van der Waals surface area contributed by atoms with Crippen molar-refractivity contribution in [3.05, 3.63) is 35.6 Å². The number of aliphatic carboxylic acids is 1. The maximum absolute atomic E-state index is 13.1. The Labute approximate surface area is 128 Å². The van der Waals surface area contributed by atoms with Crippen molar-refractivity contribution in [2.24, 2.45) is 5.92 Å². The number of halogens is 1. The molecule has 1 aromatic carbocycles. The van der Waals surface area contributed by atoms with Crippen LogP contribution in [0.1, 0.15) is 31.4 Å². The molecule has 2 rings (SSSR count). The Kier molecular flexibility index (Phi) is 4.51. The molecule has 0 amide bonds. The first-order chi connectivity index (χ1) is 10.4. The summed E-state index contributed by atoms with van der Waals surface area (Å²) in [6.45, 7) is 1.83. The van der Waals surface area contributed by atoms with Gasteiger partial charge in [0.05, 0.1) is 13.0 Å². The van der Waals surface area contributed by atoms with Gasteiger partial charge in [-0.1, -0.05) is 19.1 Å². The molecule has 1 aliphatic rings. The zero-order valence-corrected chi connectivity index (χ0v) is 12.9. The van der Waals surface area contributed by atoms with Gasteiger partial charge in [-0.25, -0.2) is 4.39 Å². The summed E-state index contributed by atoms with van der Waals surface area (Å²) >= 11 is 0. The number of likely N-dealkylation sites (tertiary alicyclic amines) is 1. The van der Waals surface area contributed by atoms with Crippen LogP contribution in [0.25, 0.3) is 0 Å². The van der Waals surface area contributed by atoms with Crippen molar-refractivity contribution < 1.29 is 23.8 Å². The summed E-state index contributed by atoms with van der Waals surface area (Å²) in [6, 6.07) is 5.22. The third-order valence-corrected chi connectivity index (χ3v) is 4.71. The van der Waals surface area contributed by atoms with E-state index in [1.54, 1.807) is 24.1 Å². The molecule has 0 aromatic heterocycles. The number of carboxylic acids is 1. The number of likely N-dealkylation sites (N-methyl/N-ethyl adjacent to an activating group) is 1. The number of hydrogen-bond donors (Lipinski definition) is 1. The molecule has 0 spiro atoms. The van der Waals surface area contributed by atoms with Gasteiger partial charge in [-0.05, 0) is 37.6 Å². The van der Waals surface area contributed by atoms with Crippen molar-refractivity contribution in [2.75, 3.05) is 14.2 Å². The topological polar surface area (TPSA) is 66.8 Å². The molecule has 120 valence electrons. The summed E-state index contributed by atoms with van der Waals surface area (Å²) < 4.78 is 18.0. The Hall–Kier alpha value is -1.95.